The van der Waals surface area contributed by atoms with Gasteiger partial charge in [0.05, 0.1) is 17.0 Å². The molecule has 182 valence electrons. The van der Waals surface area contributed by atoms with E-state index < -0.39 is 30.4 Å². The molecule has 4 bridgehead atoms. The van der Waals surface area contributed by atoms with Crippen molar-refractivity contribution in [1.82, 2.24) is 4.31 Å². The molecule has 0 amide bonds. The van der Waals surface area contributed by atoms with Crippen molar-refractivity contribution in [2.45, 2.75) is 101 Å². The molecule has 0 spiro atoms. The van der Waals surface area contributed by atoms with Crippen molar-refractivity contribution in [3.05, 3.63) is 42.0 Å². The first-order valence-corrected chi connectivity index (χ1v) is 16.0. The molecule has 33 heavy (non-hydrogen) atoms. The smallest absolute Gasteiger partial charge is 0.244 e. The van der Waals surface area contributed by atoms with Crippen LogP contribution in [0.3, 0.4) is 0 Å². The summed E-state index contributed by atoms with van der Waals surface area (Å²) in [4.78, 5) is 13.6. The number of hydrogen-bond acceptors (Lipinski definition) is 4. The van der Waals surface area contributed by atoms with Gasteiger partial charge in [0.25, 0.3) is 0 Å². The molecule has 1 aromatic rings. The van der Waals surface area contributed by atoms with E-state index in [1.165, 1.54) is 0 Å². The predicted molar refractivity (Wildman–Crippen MR) is 134 cm³/mol. The van der Waals surface area contributed by atoms with Gasteiger partial charge >= 0.3 is 0 Å². The molecule has 4 rings (SSSR count). The predicted octanol–water partition coefficient (Wildman–Crippen LogP) is 5.46. The summed E-state index contributed by atoms with van der Waals surface area (Å²) in [5.74, 6) is -0.444. The van der Waals surface area contributed by atoms with E-state index in [-0.39, 0.29) is 23.7 Å². The summed E-state index contributed by atoms with van der Waals surface area (Å²) in [5.41, 5.74) is 2.45. The minimum Gasteiger partial charge on any atom is -0.413 e. The Morgan fingerprint density at radius 1 is 0.879 bits per heavy atom. The van der Waals surface area contributed by atoms with Crippen LogP contribution in [0.25, 0.3) is 0 Å². The van der Waals surface area contributed by atoms with Gasteiger partial charge in [-0.2, -0.15) is 4.31 Å². The second kappa shape index (κ2) is 8.74. The maximum Gasteiger partial charge on any atom is 0.244 e. The van der Waals surface area contributed by atoms with E-state index in [2.05, 4.69) is 41.5 Å². The van der Waals surface area contributed by atoms with Crippen LogP contribution in [0.15, 0.2) is 41.3 Å². The van der Waals surface area contributed by atoms with Gasteiger partial charge in [-0.05, 0) is 48.5 Å². The second-order valence-corrected chi connectivity index (χ2v) is 18.4. The standard InChI is InChI=1S/C26H39NO4SSi/c1-16(2)33(17(3)4,18(5)6)31-20-14-22-24-12-13-25(23(15-20)26(22)28)27(24)32(29,30)21-10-8-19(7)9-11-21/h8-13,16-18,20,22-25H,14-15H2,1-7H3/t20?,22-,23+,24-,25+. The molecule has 5 nitrogen and oxygen atoms in total. The lowest BCUT2D eigenvalue weighted by Gasteiger charge is -2.51. The Morgan fingerprint density at radius 3 is 1.76 bits per heavy atom. The van der Waals surface area contributed by atoms with Gasteiger partial charge in [0.15, 0.2) is 0 Å². The van der Waals surface area contributed by atoms with Gasteiger partial charge < -0.3 is 4.43 Å². The third kappa shape index (κ3) is 3.89. The lowest BCUT2D eigenvalue weighted by molar-refractivity contribution is -0.139. The number of sulfonamides is 1. The molecule has 1 saturated carbocycles. The molecule has 7 heteroatoms. The number of aryl methyl sites for hydroxylation is 1. The highest BCUT2D eigenvalue weighted by molar-refractivity contribution is 7.89. The molecule has 1 aliphatic carbocycles. The molecular formula is C26H39NO4SSi. The van der Waals surface area contributed by atoms with Crippen LogP contribution in [0, 0.1) is 18.8 Å². The minimum absolute atomic E-state index is 0.0192. The normalized spacial score (nSPS) is 30.1. The van der Waals surface area contributed by atoms with Gasteiger partial charge in [-0.3, -0.25) is 4.79 Å². The summed E-state index contributed by atoms with van der Waals surface area (Å²) >= 11 is 0. The zero-order valence-corrected chi connectivity index (χ0v) is 22.8. The molecule has 3 aliphatic rings. The third-order valence-electron chi connectivity index (χ3n) is 8.36. The zero-order chi connectivity index (χ0) is 24.3. The van der Waals surface area contributed by atoms with Crippen molar-refractivity contribution in [2.24, 2.45) is 11.8 Å². The molecule has 5 atom stereocenters. The van der Waals surface area contributed by atoms with E-state index >= 15 is 0 Å². The molecule has 2 heterocycles. The molecule has 1 saturated heterocycles. The van der Waals surface area contributed by atoms with Crippen LogP contribution in [0.5, 0.6) is 0 Å². The number of nitrogens with zero attached hydrogens (tertiary/aromatic N) is 1. The lowest BCUT2D eigenvalue weighted by atomic mass is 9.71. The van der Waals surface area contributed by atoms with Gasteiger partial charge in [-0.1, -0.05) is 71.4 Å². The van der Waals surface area contributed by atoms with Crippen LogP contribution in [0.1, 0.15) is 59.9 Å². The number of Topliss-reactive ketones (excluding diaryl/α,β-unsaturated/α-hetero) is 1. The van der Waals surface area contributed by atoms with E-state index in [4.69, 9.17) is 4.43 Å². The van der Waals surface area contributed by atoms with Gasteiger partial charge in [0, 0.05) is 17.9 Å². The van der Waals surface area contributed by atoms with E-state index in [0.29, 0.717) is 34.4 Å². The number of piperidine rings is 1. The van der Waals surface area contributed by atoms with Gasteiger partial charge in [-0.15, -0.1) is 0 Å². The molecule has 1 unspecified atom stereocenters. The van der Waals surface area contributed by atoms with E-state index in [1.807, 2.05) is 31.2 Å². The Labute approximate surface area is 200 Å². The fourth-order valence-corrected chi connectivity index (χ4v) is 14.3. The maximum absolute atomic E-state index is 13.6. The summed E-state index contributed by atoms with van der Waals surface area (Å²) in [6.45, 7) is 15.6. The van der Waals surface area contributed by atoms with Crippen LogP contribution >= 0.6 is 0 Å². The Bertz CT molecular complexity index is 983. The SMILES string of the molecule is Cc1ccc(S(=O)(=O)N2[C@@H]3C=C[C@H]2[C@@H]2CC(O[Si](C(C)C)(C(C)C)C(C)C)C[C@H]3C2=O)cc1. The van der Waals surface area contributed by atoms with Crippen molar-refractivity contribution in [1.29, 1.82) is 0 Å². The number of fused-ring (bicyclic) bond motifs is 6. The first-order chi connectivity index (χ1) is 15.4. The molecule has 0 N–H and O–H groups in total. The van der Waals surface area contributed by atoms with Gasteiger partial charge in [-0.25, -0.2) is 8.42 Å². The molecule has 2 aliphatic heterocycles. The first-order valence-electron chi connectivity index (χ1n) is 12.4. The van der Waals surface area contributed by atoms with Crippen LogP contribution in [0.2, 0.25) is 16.6 Å². The molecule has 0 aromatic heterocycles. The van der Waals surface area contributed by atoms with Crippen molar-refractivity contribution in [3.8, 4) is 0 Å². The molecule has 2 fully saturated rings. The molecule has 0 radical (unpaired) electrons. The Balaban J connectivity index is 1.64. The number of ketones is 1. The minimum atomic E-state index is -3.69. The fraction of sp³-hybridized carbons (Fsp3) is 0.654. The summed E-state index contributed by atoms with van der Waals surface area (Å²) in [6, 6.07) is 6.19. The van der Waals surface area contributed by atoms with Gasteiger partial charge in [0.2, 0.25) is 18.3 Å². The average molecular weight is 490 g/mol. The Hall–Kier alpha value is -1.28. The first kappa shape index (κ1) is 24.8. The van der Waals surface area contributed by atoms with E-state index in [1.54, 1.807) is 16.4 Å². The number of benzene rings is 1. The van der Waals surface area contributed by atoms with Crippen molar-refractivity contribution < 1.29 is 17.6 Å². The second-order valence-electron chi connectivity index (χ2n) is 11.2. The van der Waals surface area contributed by atoms with Crippen LogP contribution in [0.4, 0.5) is 0 Å². The Morgan fingerprint density at radius 2 is 1.33 bits per heavy atom. The largest absolute Gasteiger partial charge is 0.413 e. The lowest BCUT2D eigenvalue weighted by Crippen LogP contribution is -2.62. The highest BCUT2D eigenvalue weighted by atomic mass is 32.2. The fourth-order valence-electron chi connectivity index (χ4n) is 6.95. The van der Waals surface area contributed by atoms with E-state index in [0.717, 1.165) is 5.56 Å². The summed E-state index contributed by atoms with van der Waals surface area (Å²) in [6.07, 6.45) is 5.15. The maximum atomic E-state index is 13.6. The third-order valence-corrected chi connectivity index (χ3v) is 16.4. The number of hydrogen-bond donors (Lipinski definition) is 0. The van der Waals surface area contributed by atoms with E-state index in [9.17, 15) is 13.2 Å². The summed E-state index contributed by atoms with van der Waals surface area (Å²) in [7, 11) is -5.77. The quantitative estimate of drug-likeness (QED) is 0.377. The van der Waals surface area contributed by atoms with Gasteiger partial charge in [0.1, 0.15) is 5.78 Å². The number of carbonyl (C=O) groups is 1. The molecule has 1 aromatic carbocycles. The molecular weight excluding hydrogens is 450 g/mol. The highest BCUT2D eigenvalue weighted by Gasteiger charge is 2.58. The van der Waals surface area contributed by atoms with Crippen molar-refractivity contribution in [3.63, 3.8) is 0 Å². The van der Waals surface area contributed by atoms with Crippen molar-refractivity contribution in [2.75, 3.05) is 0 Å². The Kier molecular flexibility index (Phi) is 6.57. The van der Waals surface area contributed by atoms with Crippen LogP contribution in [-0.2, 0) is 19.2 Å². The van der Waals surface area contributed by atoms with Crippen molar-refractivity contribution >= 4 is 24.1 Å². The average Bonchev–Trinajstić information content (AvgIpc) is 3.14. The van der Waals surface area contributed by atoms with Crippen LogP contribution < -0.4 is 0 Å². The van der Waals surface area contributed by atoms with Crippen LogP contribution in [-0.4, -0.2) is 45.0 Å². The highest BCUT2D eigenvalue weighted by Crippen LogP contribution is 2.50. The monoisotopic (exact) mass is 489 g/mol. The number of carbonyl (C=O) groups excluding carboxylic acids is 1. The zero-order valence-electron chi connectivity index (χ0n) is 21.0. The summed E-state index contributed by atoms with van der Waals surface area (Å²) in [5, 5.41) is 0. The topological polar surface area (TPSA) is 63.7 Å². The number of rotatable bonds is 7. The summed E-state index contributed by atoms with van der Waals surface area (Å²) < 4.78 is 35.9.